The second-order valence-corrected chi connectivity index (χ2v) is 5.15. The van der Waals surface area contributed by atoms with Crippen molar-refractivity contribution >= 4 is 23.2 Å². The Kier molecular flexibility index (Phi) is 5.32. The number of thiophene rings is 1. The second-order valence-electron chi connectivity index (χ2n) is 4.12. The third-order valence-corrected chi connectivity index (χ3v) is 3.55. The lowest BCUT2D eigenvalue weighted by Crippen LogP contribution is -2.30. The van der Waals surface area contributed by atoms with Crippen molar-refractivity contribution in [1.29, 1.82) is 0 Å². The number of amides is 1. The Morgan fingerprint density at radius 1 is 1.10 bits per heavy atom. The van der Waals surface area contributed by atoms with Crippen LogP contribution in [0, 0.1) is 0 Å². The molecule has 0 saturated carbocycles. The van der Waals surface area contributed by atoms with E-state index in [1.165, 1.54) is 4.88 Å². The molecule has 1 aromatic carbocycles. The lowest BCUT2D eigenvalue weighted by molar-refractivity contribution is -0.124. The van der Waals surface area contributed by atoms with Crippen LogP contribution in [0.3, 0.4) is 0 Å². The van der Waals surface area contributed by atoms with E-state index in [1.807, 2.05) is 23.6 Å². The summed E-state index contributed by atoms with van der Waals surface area (Å²) in [5.41, 5.74) is 0.443. The van der Waals surface area contributed by atoms with E-state index in [2.05, 4.69) is 5.32 Å². The van der Waals surface area contributed by atoms with Crippen molar-refractivity contribution in [1.82, 2.24) is 5.32 Å². The van der Waals surface area contributed by atoms with Crippen LogP contribution in [0.25, 0.3) is 0 Å². The smallest absolute Gasteiger partial charge is 0.338 e. The number of hydrogen-bond acceptors (Lipinski definition) is 4. The summed E-state index contributed by atoms with van der Waals surface area (Å²) in [4.78, 5) is 24.3. The Morgan fingerprint density at radius 2 is 1.90 bits per heavy atom. The zero-order chi connectivity index (χ0) is 14.2. The van der Waals surface area contributed by atoms with Crippen LogP contribution in [-0.4, -0.2) is 25.0 Å². The predicted octanol–water partition coefficient (Wildman–Crippen LogP) is 2.26. The summed E-state index contributed by atoms with van der Waals surface area (Å²) < 4.78 is 4.93. The lowest BCUT2D eigenvalue weighted by Gasteiger charge is -2.06. The molecule has 0 saturated heterocycles. The van der Waals surface area contributed by atoms with Gasteiger partial charge in [0.25, 0.3) is 5.91 Å². The number of carbonyl (C=O) groups is 2. The molecule has 104 valence electrons. The topological polar surface area (TPSA) is 55.4 Å². The van der Waals surface area contributed by atoms with E-state index in [9.17, 15) is 9.59 Å². The molecular weight excluding hydrogens is 274 g/mol. The summed E-state index contributed by atoms with van der Waals surface area (Å²) in [6.45, 7) is 0.292. The van der Waals surface area contributed by atoms with Gasteiger partial charge >= 0.3 is 5.97 Å². The molecule has 0 aliphatic rings. The zero-order valence-corrected chi connectivity index (χ0v) is 11.7. The molecule has 1 heterocycles. The van der Waals surface area contributed by atoms with Gasteiger partial charge in [-0.3, -0.25) is 4.79 Å². The fraction of sp³-hybridized carbons (Fsp3) is 0.200. The average Bonchev–Trinajstić information content (AvgIpc) is 2.99. The number of rotatable bonds is 6. The number of benzene rings is 1. The molecule has 0 spiro atoms. The fourth-order valence-electron chi connectivity index (χ4n) is 1.62. The van der Waals surface area contributed by atoms with Gasteiger partial charge in [0.15, 0.2) is 6.61 Å². The molecule has 20 heavy (non-hydrogen) atoms. The highest BCUT2D eigenvalue weighted by molar-refractivity contribution is 7.09. The molecule has 1 N–H and O–H groups in total. The molecule has 2 aromatic rings. The molecule has 0 aliphatic heterocycles. The highest BCUT2D eigenvalue weighted by Crippen LogP contribution is 2.08. The standard InChI is InChI=1S/C15H15NO3S/c17-14(16-9-8-13-7-4-10-20-13)11-19-15(18)12-5-2-1-3-6-12/h1-7,10H,8-9,11H2,(H,16,17). The van der Waals surface area contributed by atoms with E-state index in [4.69, 9.17) is 4.74 Å². The minimum Gasteiger partial charge on any atom is -0.452 e. The average molecular weight is 289 g/mol. The Balaban J connectivity index is 1.66. The first-order valence-electron chi connectivity index (χ1n) is 6.27. The molecule has 0 radical (unpaired) electrons. The number of carbonyl (C=O) groups excluding carboxylic acids is 2. The lowest BCUT2D eigenvalue weighted by atomic mass is 10.2. The minimum atomic E-state index is -0.487. The van der Waals surface area contributed by atoms with Crippen LogP contribution in [-0.2, 0) is 16.0 Å². The van der Waals surface area contributed by atoms with Crippen molar-refractivity contribution in [3.63, 3.8) is 0 Å². The Hall–Kier alpha value is -2.14. The van der Waals surface area contributed by atoms with E-state index in [0.717, 1.165) is 6.42 Å². The molecule has 4 nitrogen and oxygen atoms in total. The molecule has 0 bridgehead atoms. The van der Waals surface area contributed by atoms with Crippen molar-refractivity contribution in [3.8, 4) is 0 Å². The maximum absolute atomic E-state index is 11.6. The van der Waals surface area contributed by atoms with Crippen molar-refractivity contribution in [2.24, 2.45) is 0 Å². The van der Waals surface area contributed by atoms with Crippen LogP contribution < -0.4 is 5.32 Å². The summed E-state index contributed by atoms with van der Waals surface area (Å²) >= 11 is 1.65. The van der Waals surface area contributed by atoms with E-state index < -0.39 is 5.97 Å². The predicted molar refractivity (Wildman–Crippen MR) is 77.8 cm³/mol. The molecule has 1 amide bonds. The fourth-order valence-corrected chi connectivity index (χ4v) is 2.33. The van der Waals surface area contributed by atoms with E-state index in [0.29, 0.717) is 12.1 Å². The highest BCUT2D eigenvalue weighted by atomic mass is 32.1. The highest BCUT2D eigenvalue weighted by Gasteiger charge is 2.09. The molecule has 0 atom stereocenters. The van der Waals surface area contributed by atoms with Crippen LogP contribution >= 0.6 is 11.3 Å². The quantitative estimate of drug-likeness (QED) is 0.830. The van der Waals surface area contributed by atoms with Gasteiger partial charge in [0.2, 0.25) is 0 Å². The first kappa shape index (κ1) is 14.3. The molecule has 0 fully saturated rings. The monoisotopic (exact) mass is 289 g/mol. The van der Waals surface area contributed by atoms with Gasteiger partial charge in [-0.05, 0) is 30.0 Å². The van der Waals surface area contributed by atoms with Gasteiger partial charge in [0.1, 0.15) is 0 Å². The molecule has 0 unspecified atom stereocenters. The Labute approximate surface area is 121 Å². The van der Waals surface area contributed by atoms with E-state index >= 15 is 0 Å². The Morgan fingerprint density at radius 3 is 2.60 bits per heavy atom. The summed E-state index contributed by atoms with van der Waals surface area (Å²) in [5.74, 6) is -0.773. The zero-order valence-electron chi connectivity index (χ0n) is 10.9. The van der Waals surface area contributed by atoms with Crippen molar-refractivity contribution in [3.05, 3.63) is 58.3 Å². The van der Waals surface area contributed by atoms with Crippen LogP contribution in [0.15, 0.2) is 47.8 Å². The third kappa shape index (κ3) is 4.51. The number of ether oxygens (including phenoxy) is 1. The summed E-state index contributed by atoms with van der Waals surface area (Å²) in [7, 11) is 0. The van der Waals surface area contributed by atoms with Gasteiger partial charge < -0.3 is 10.1 Å². The molecule has 2 rings (SSSR count). The Bertz CT molecular complexity index is 552. The van der Waals surface area contributed by atoms with Crippen LogP contribution in [0.4, 0.5) is 0 Å². The van der Waals surface area contributed by atoms with Gasteiger partial charge in [-0.25, -0.2) is 4.79 Å². The van der Waals surface area contributed by atoms with Crippen molar-refractivity contribution in [2.75, 3.05) is 13.2 Å². The molecule has 0 aliphatic carbocycles. The summed E-state index contributed by atoms with van der Waals surface area (Å²) in [5, 5.41) is 4.72. The summed E-state index contributed by atoms with van der Waals surface area (Å²) in [6.07, 6.45) is 0.788. The number of nitrogens with one attached hydrogen (secondary N) is 1. The van der Waals surface area contributed by atoms with Gasteiger partial charge in [-0.2, -0.15) is 0 Å². The van der Waals surface area contributed by atoms with Crippen LogP contribution in [0.2, 0.25) is 0 Å². The van der Waals surface area contributed by atoms with E-state index in [1.54, 1.807) is 35.6 Å². The van der Waals surface area contributed by atoms with E-state index in [-0.39, 0.29) is 12.5 Å². The maximum atomic E-state index is 11.6. The number of esters is 1. The van der Waals surface area contributed by atoms with Crippen LogP contribution in [0.1, 0.15) is 15.2 Å². The first-order chi connectivity index (χ1) is 9.75. The maximum Gasteiger partial charge on any atom is 0.338 e. The van der Waals surface area contributed by atoms with Gasteiger partial charge in [-0.1, -0.05) is 24.3 Å². The number of hydrogen-bond donors (Lipinski definition) is 1. The SMILES string of the molecule is O=C(COC(=O)c1ccccc1)NCCc1cccs1. The van der Waals surface area contributed by atoms with Gasteiger partial charge in [0, 0.05) is 11.4 Å². The summed E-state index contributed by atoms with van der Waals surface area (Å²) in [6, 6.07) is 12.6. The van der Waals surface area contributed by atoms with Crippen LogP contribution in [0.5, 0.6) is 0 Å². The van der Waals surface area contributed by atoms with Gasteiger partial charge in [0.05, 0.1) is 5.56 Å². The van der Waals surface area contributed by atoms with Crippen molar-refractivity contribution < 1.29 is 14.3 Å². The molecule has 5 heteroatoms. The normalized spacial score (nSPS) is 10.0. The molecule has 1 aromatic heterocycles. The first-order valence-corrected chi connectivity index (χ1v) is 7.15. The molecular formula is C15H15NO3S. The largest absolute Gasteiger partial charge is 0.452 e. The third-order valence-electron chi connectivity index (χ3n) is 2.62. The minimum absolute atomic E-state index is 0.252. The van der Waals surface area contributed by atoms with Crippen molar-refractivity contribution in [2.45, 2.75) is 6.42 Å². The van der Waals surface area contributed by atoms with Gasteiger partial charge in [-0.15, -0.1) is 11.3 Å². The second kappa shape index (κ2) is 7.45.